The predicted octanol–water partition coefficient (Wildman–Crippen LogP) is 1.80. The van der Waals surface area contributed by atoms with Gasteiger partial charge in [0.25, 0.3) is 0 Å². The van der Waals surface area contributed by atoms with Crippen molar-refractivity contribution in [2.45, 2.75) is 25.4 Å². The molecule has 0 spiro atoms. The zero-order valence-corrected chi connectivity index (χ0v) is 10.1. The van der Waals surface area contributed by atoms with Crippen molar-refractivity contribution in [1.82, 2.24) is 10.3 Å². The number of benzene rings is 1. The Morgan fingerprint density at radius 1 is 1.39 bits per heavy atom. The van der Waals surface area contributed by atoms with E-state index in [1.54, 1.807) is 6.20 Å². The highest BCUT2D eigenvalue weighted by Gasteiger charge is 2.21. The molecule has 0 atom stereocenters. The summed E-state index contributed by atoms with van der Waals surface area (Å²) in [5, 5.41) is 4.31. The molecule has 0 amide bonds. The van der Waals surface area contributed by atoms with Gasteiger partial charge in [-0.3, -0.25) is 4.98 Å². The third kappa shape index (κ3) is 2.59. The maximum Gasteiger partial charge on any atom is 0.189 e. The van der Waals surface area contributed by atoms with Gasteiger partial charge in [-0.15, -0.1) is 0 Å². The summed E-state index contributed by atoms with van der Waals surface area (Å²) < 4.78 is 0. The van der Waals surface area contributed by atoms with E-state index in [4.69, 9.17) is 5.73 Å². The summed E-state index contributed by atoms with van der Waals surface area (Å²) in [6, 6.07) is 10.7. The zero-order valence-electron chi connectivity index (χ0n) is 10.1. The second kappa shape index (κ2) is 4.64. The predicted molar refractivity (Wildman–Crippen MR) is 73.2 cm³/mol. The van der Waals surface area contributed by atoms with E-state index in [0.29, 0.717) is 18.5 Å². The van der Waals surface area contributed by atoms with E-state index >= 15 is 0 Å². The lowest BCUT2D eigenvalue weighted by molar-refractivity contribution is 0.879. The van der Waals surface area contributed by atoms with Gasteiger partial charge < -0.3 is 11.1 Å². The van der Waals surface area contributed by atoms with Crippen LogP contribution in [0.3, 0.4) is 0 Å². The number of nitrogens with zero attached hydrogens (tertiary/aromatic N) is 2. The number of aliphatic imine (C=N–C) groups is 1. The van der Waals surface area contributed by atoms with Crippen LogP contribution in [-0.2, 0) is 6.54 Å². The lowest BCUT2D eigenvalue weighted by Gasteiger charge is -2.04. The van der Waals surface area contributed by atoms with Gasteiger partial charge in [0.05, 0.1) is 12.1 Å². The Balaban J connectivity index is 1.73. The van der Waals surface area contributed by atoms with E-state index in [9.17, 15) is 0 Å². The van der Waals surface area contributed by atoms with Crippen LogP contribution in [0, 0.1) is 0 Å². The van der Waals surface area contributed by atoms with Gasteiger partial charge in [-0.2, -0.15) is 0 Å². The first-order valence-electron chi connectivity index (χ1n) is 6.21. The second-order valence-corrected chi connectivity index (χ2v) is 4.65. The molecule has 1 saturated carbocycles. The van der Waals surface area contributed by atoms with Gasteiger partial charge in [-0.25, -0.2) is 4.99 Å². The van der Waals surface area contributed by atoms with Crippen molar-refractivity contribution in [2.24, 2.45) is 10.7 Å². The molecule has 1 aliphatic rings. The molecule has 1 fully saturated rings. The standard InChI is InChI=1S/C14H16N4/c15-14(18-12-4-5-12)17-9-10-3-6-13-11(8-10)2-1-7-16-13/h1-3,6-8,12H,4-5,9H2,(H3,15,17,18). The monoisotopic (exact) mass is 240 g/mol. The van der Waals surface area contributed by atoms with Gasteiger partial charge in [0, 0.05) is 17.6 Å². The summed E-state index contributed by atoms with van der Waals surface area (Å²) in [7, 11) is 0. The minimum absolute atomic E-state index is 0.545. The SMILES string of the molecule is NC(=NCc1ccc2ncccc2c1)NC1CC1. The fraction of sp³-hybridized carbons (Fsp3) is 0.286. The Hall–Kier alpha value is -2.10. The number of hydrogen-bond donors (Lipinski definition) is 2. The smallest absolute Gasteiger partial charge is 0.189 e. The first-order chi connectivity index (χ1) is 8.81. The van der Waals surface area contributed by atoms with Crippen LogP contribution in [0.4, 0.5) is 0 Å². The summed E-state index contributed by atoms with van der Waals surface area (Å²) in [4.78, 5) is 8.64. The summed E-state index contributed by atoms with van der Waals surface area (Å²) in [6.07, 6.45) is 4.22. The number of nitrogens with two attached hydrogens (primary N) is 1. The van der Waals surface area contributed by atoms with Crippen LogP contribution in [0.2, 0.25) is 0 Å². The Labute approximate surface area is 106 Å². The summed E-state index contributed by atoms with van der Waals surface area (Å²) in [5.41, 5.74) is 7.96. The molecule has 0 unspecified atom stereocenters. The molecule has 4 heteroatoms. The highest BCUT2D eigenvalue weighted by molar-refractivity contribution is 5.80. The van der Waals surface area contributed by atoms with Crippen LogP contribution in [0.25, 0.3) is 10.9 Å². The molecule has 0 radical (unpaired) electrons. The molecule has 1 aliphatic carbocycles. The van der Waals surface area contributed by atoms with Crippen molar-refractivity contribution in [3.05, 3.63) is 42.1 Å². The molecule has 0 saturated heterocycles. The summed E-state index contributed by atoms with van der Waals surface area (Å²) in [6.45, 7) is 0.608. The molecule has 1 heterocycles. The van der Waals surface area contributed by atoms with Crippen molar-refractivity contribution < 1.29 is 0 Å². The topological polar surface area (TPSA) is 63.3 Å². The lowest BCUT2D eigenvalue weighted by Crippen LogP contribution is -2.33. The third-order valence-corrected chi connectivity index (χ3v) is 3.03. The van der Waals surface area contributed by atoms with Crippen LogP contribution in [-0.4, -0.2) is 17.0 Å². The number of fused-ring (bicyclic) bond motifs is 1. The Morgan fingerprint density at radius 2 is 2.28 bits per heavy atom. The number of guanidine groups is 1. The van der Waals surface area contributed by atoms with Crippen molar-refractivity contribution in [1.29, 1.82) is 0 Å². The van der Waals surface area contributed by atoms with E-state index in [1.807, 2.05) is 18.2 Å². The molecule has 18 heavy (non-hydrogen) atoms. The average molecular weight is 240 g/mol. The molecule has 92 valence electrons. The van der Waals surface area contributed by atoms with Gasteiger partial charge in [-0.05, 0) is 36.6 Å². The number of rotatable bonds is 3. The Morgan fingerprint density at radius 3 is 3.11 bits per heavy atom. The van der Waals surface area contributed by atoms with Crippen molar-refractivity contribution in [2.75, 3.05) is 0 Å². The van der Waals surface area contributed by atoms with Crippen molar-refractivity contribution in [3.63, 3.8) is 0 Å². The number of nitrogens with one attached hydrogen (secondary N) is 1. The first-order valence-corrected chi connectivity index (χ1v) is 6.21. The number of aromatic nitrogens is 1. The third-order valence-electron chi connectivity index (χ3n) is 3.03. The van der Waals surface area contributed by atoms with E-state index in [1.165, 1.54) is 12.8 Å². The largest absolute Gasteiger partial charge is 0.370 e. The molecular weight excluding hydrogens is 224 g/mol. The van der Waals surface area contributed by atoms with E-state index in [2.05, 4.69) is 27.4 Å². The van der Waals surface area contributed by atoms with Crippen LogP contribution in [0.15, 0.2) is 41.5 Å². The zero-order chi connectivity index (χ0) is 12.4. The maximum atomic E-state index is 5.80. The number of pyridine rings is 1. The van der Waals surface area contributed by atoms with Crippen molar-refractivity contribution >= 4 is 16.9 Å². The van der Waals surface area contributed by atoms with E-state index < -0.39 is 0 Å². The molecule has 3 rings (SSSR count). The van der Waals surface area contributed by atoms with Crippen LogP contribution in [0.1, 0.15) is 18.4 Å². The molecule has 3 N–H and O–H groups in total. The van der Waals surface area contributed by atoms with Gasteiger partial charge >= 0.3 is 0 Å². The Bertz CT molecular complexity index is 587. The summed E-state index contributed by atoms with van der Waals surface area (Å²) in [5.74, 6) is 0.545. The fourth-order valence-electron chi connectivity index (χ4n) is 1.88. The minimum Gasteiger partial charge on any atom is -0.370 e. The first kappa shape index (κ1) is 11.0. The van der Waals surface area contributed by atoms with Gasteiger partial charge in [-0.1, -0.05) is 12.1 Å². The molecule has 1 aromatic heterocycles. The van der Waals surface area contributed by atoms with Gasteiger partial charge in [0.15, 0.2) is 5.96 Å². The highest BCUT2D eigenvalue weighted by atomic mass is 15.1. The molecular formula is C14H16N4. The Kier molecular flexibility index (Phi) is 2.84. The quantitative estimate of drug-likeness (QED) is 0.635. The van der Waals surface area contributed by atoms with Crippen LogP contribution < -0.4 is 11.1 Å². The minimum atomic E-state index is 0.545. The fourth-order valence-corrected chi connectivity index (χ4v) is 1.88. The van der Waals surface area contributed by atoms with E-state index in [0.717, 1.165) is 16.5 Å². The molecule has 2 aromatic rings. The molecule has 0 bridgehead atoms. The van der Waals surface area contributed by atoms with E-state index in [-0.39, 0.29) is 0 Å². The highest BCUT2D eigenvalue weighted by Crippen LogP contribution is 2.18. The second-order valence-electron chi connectivity index (χ2n) is 4.65. The normalized spacial score (nSPS) is 15.9. The van der Waals surface area contributed by atoms with Crippen LogP contribution in [0.5, 0.6) is 0 Å². The van der Waals surface area contributed by atoms with Crippen LogP contribution >= 0.6 is 0 Å². The molecule has 0 aliphatic heterocycles. The maximum absolute atomic E-state index is 5.80. The average Bonchev–Trinajstić information content (AvgIpc) is 3.20. The van der Waals surface area contributed by atoms with Crippen molar-refractivity contribution in [3.8, 4) is 0 Å². The molecule has 1 aromatic carbocycles. The lowest BCUT2D eigenvalue weighted by atomic mass is 10.1. The number of hydrogen-bond acceptors (Lipinski definition) is 2. The van der Waals surface area contributed by atoms with Gasteiger partial charge in [0.1, 0.15) is 0 Å². The molecule has 4 nitrogen and oxygen atoms in total. The van der Waals surface area contributed by atoms with Gasteiger partial charge in [0.2, 0.25) is 0 Å². The summed E-state index contributed by atoms with van der Waals surface area (Å²) >= 11 is 0.